The van der Waals surface area contributed by atoms with E-state index < -0.39 is 0 Å². The molecule has 0 saturated carbocycles. The highest BCUT2D eigenvalue weighted by Crippen LogP contribution is 2.29. The summed E-state index contributed by atoms with van der Waals surface area (Å²) in [6, 6.07) is 5.60. The molecule has 2 atom stereocenters. The number of carbonyl (C=O) groups excluding carboxylic acids is 1. The smallest absolute Gasteiger partial charge is 0.226 e. The van der Waals surface area contributed by atoms with Crippen molar-refractivity contribution in [3.63, 3.8) is 0 Å². The van der Waals surface area contributed by atoms with Gasteiger partial charge in [0.05, 0.1) is 5.92 Å². The summed E-state index contributed by atoms with van der Waals surface area (Å²) >= 11 is 5.95. The van der Waals surface area contributed by atoms with Crippen LogP contribution in [0.25, 0.3) is 0 Å². The van der Waals surface area contributed by atoms with E-state index in [2.05, 4.69) is 5.32 Å². The monoisotopic (exact) mass is 318 g/mol. The summed E-state index contributed by atoms with van der Waals surface area (Å²) in [5.41, 5.74) is 6.64. The third-order valence-corrected chi connectivity index (χ3v) is 3.43. The number of benzene rings is 1. The highest BCUT2D eigenvalue weighted by Gasteiger charge is 2.25. The molecule has 0 aliphatic carbocycles. The van der Waals surface area contributed by atoms with Gasteiger partial charge in [0.25, 0.3) is 0 Å². The first kappa shape index (κ1) is 17.1. The van der Waals surface area contributed by atoms with Crippen molar-refractivity contribution in [2.75, 3.05) is 13.2 Å². The number of hydrogen-bond donors (Lipinski definition) is 2. The van der Waals surface area contributed by atoms with Crippen molar-refractivity contribution in [2.45, 2.75) is 25.8 Å². The summed E-state index contributed by atoms with van der Waals surface area (Å²) in [5.74, 6) is 0.689. The molecule has 1 aliphatic rings. The first-order valence-electron chi connectivity index (χ1n) is 6.51. The van der Waals surface area contributed by atoms with E-state index in [1.54, 1.807) is 6.07 Å². The Hall–Kier alpha value is -0.970. The molecule has 1 aliphatic heterocycles. The summed E-state index contributed by atoms with van der Waals surface area (Å²) in [6.07, 6.45) is 1.45. The molecule has 0 aromatic heterocycles. The lowest BCUT2D eigenvalue weighted by atomic mass is 9.96. The van der Waals surface area contributed by atoms with Crippen molar-refractivity contribution in [3.8, 4) is 5.75 Å². The SMILES string of the molecule is CC(N)CCNC(=O)C1COc2ccc(Cl)cc2C1.Cl. The molecule has 1 amide bonds. The molecular weight excluding hydrogens is 299 g/mol. The first-order chi connectivity index (χ1) is 9.06. The zero-order valence-corrected chi connectivity index (χ0v) is 13.0. The van der Waals surface area contributed by atoms with Gasteiger partial charge < -0.3 is 15.8 Å². The van der Waals surface area contributed by atoms with Crippen molar-refractivity contribution >= 4 is 29.9 Å². The molecule has 0 spiro atoms. The topological polar surface area (TPSA) is 64.3 Å². The number of amides is 1. The highest BCUT2D eigenvalue weighted by atomic mass is 35.5. The fourth-order valence-electron chi connectivity index (χ4n) is 2.10. The molecule has 1 aromatic rings. The van der Waals surface area contributed by atoms with E-state index in [9.17, 15) is 4.79 Å². The molecule has 2 unspecified atom stereocenters. The molecule has 0 radical (unpaired) electrons. The quantitative estimate of drug-likeness (QED) is 0.894. The highest BCUT2D eigenvalue weighted by molar-refractivity contribution is 6.30. The number of nitrogens with one attached hydrogen (secondary N) is 1. The van der Waals surface area contributed by atoms with E-state index in [0.29, 0.717) is 24.6 Å². The second-order valence-electron chi connectivity index (χ2n) is 5.02. The second-order valence-corrected chi connectivity index (χ2v) is 5.46. The lowest BCUT2D eigenvalue weighted by molar-refractivity contribution is -0.126. The van der Waals surface area contributed by atoms with Crippen LogP contribution in [0.15, 0.2) is 18.2 Å². The van der Waals surface area contributed by atoms with Gasteiger partial charge in [-0.2, -0.15) is 0 Å². The van der Waals surface area contributed by atoms with Crippen molar-refractivity contribution in [2.24, 2.45) is 11.7 Å². The standard InChI is InChI=1S/C14H19ClN2O2.ClH/c1-9(16)4-5-17-14(18)11-6-10-7-12(15)2-3-13(10)19-8-11;/h2-3,7,9,11H,4-6,8,16H2,1H3,(H,17,18);1H. The molecule has 0 bridgehead atoms. The van der Waals surface area contributed by atoms with Crippen LogP contribution in [0, 0.1) is 5.92 Å². The van der Waals surface area contributed by atoms with Crippen molar-refractivity contribution in [3.05, 3.63) is 28.8 Å². The molecule has 2 rings (SSSR count). The van der Waals surface area contributed by atoms with Gasteiger partial charge in [0, 0.05) is 17.6 Å². The zero-order valence-electron chi connectivity index (χ0n) is 11.4. The fraction of sp³-hybridized carbons (Fsp3) is 0.500. The number of hydrogen-bond acceptors (Lipinski definition) is 3. The summed E-state index contributed by atoms with van der Waals surface area (Å²) < 4.78 is 5.60. The summed E-state index contributed by atoms with van der Waals surface area (Å²) in [4.78, 5) is 12.0. The number of halogens is 2. The summed E-state index contributed by atoms with van der Waals surface area (Å²) in [7, 11) is 0. The van der Waals surface area contributed by atoms with Gasteiger partial charge in [-0.1, -0.05) is 11.6 Å². The van der Waals surface area contributed by atoms with Gasteiger partial charge >= 0.3 is 0 Å². The Morgan fingerprint density at radius 2 is 2.35 bits per heavy atom. The third kappa shape index (κ3) is 4.54. The lowest BCUT2D eigenvalue weighted by Crippen LogP contribution is -2.38. The van der Waals surface area contributed by atoms with E-state index in [4.69, 9.17) is 22.1 Å². The van der Waals surface area contributed by atoms with Crippen LogP contribution in [-0.4, -0.2) is 25.1 Å². The van der Waals surface area contributed by atoms with Crippen LogP contribution in [0.2, 0.25) is 5.02 Å². The van der Waals surface area contributed by atoms with E-state index in [1.807, 2.05) is 19.1 Å². The average Bonchev–Trinajstić information content (AvgIpc) is 2.37. The first-order valence-corrected chi connectivity index (χ1v) is 6.88. The number of fused-ring (bicyclic) bond motifs is 1. The number of nitrogens with two attached hydrogens (primary N) is 1. The fourth-order valence-corrected chi connectivity index (χ4v) is 2.29. The van der Waals surface area contributed by atoms with Crippen LogP contribution in [0.5, 0.6) is 5.75 Å². The Labute approximate surface area is 130 Å². The molecule has 1 aromatic carbocycles. The van der Waals surface area contributed by atoms with Crippen molar-refractivity contribution < 1.29 is 9.53 Å². The van der Waals surface area contributed by atoms with Gasteiger partial charge in [0.2, 0.25) is 5.91 Å². The van der Waals surface area contributed by atoms with Gasteiger partial charge in [0.15, 0.2) is 0 Å². The van der Waals surface area contributed by atoms with Gasteiger partial charge in [-0.25, -0.2) is 0 Å². The number of rotatable bonds is 4. The molecule has 0 fully saturated rings. The number of ether oxygens (including phenoxy) is 1. The van der Waals surface area contributed by atoms with Crippen LogP contribution in [0.3, 0.4) is 0 Å². The molecule has 3 N–H and O–H groups in total. The Morgan fingerprint density at radius 3 is 3.05 bits per heavy atom. The van der Waals surface area contributed by atoms with Gasteiger partial charge in [-0.3, -0.25) is 4.79 Å². The van der Waals surface area contributed by atoms with Crippen LogP contribution in [-0.2, 0) is 11.2 Å². The van der Waals surface area contributed by atoms with Crippen LogP contribution in [0.4, 0.5) is 0 Å². The van der Waals surface area contributed by atoms with Gasteiger partial charge in [-0.05, 0) is 43.5 Å². The molecule has 1 heterocycles. The van der Waals surface area contributed by atoms with Crippen molar-refractivity contribution in [1.29, 1.82) is 0 Å². The molecule has 0 saturated heterocycles. The van der Waals surface area contributed by atoms with Crippen LogP contribution in [0.1, 0.15) is 18.9 Å². The van der Waals surface area contributed by atoms with Crippen molar-refractivity contribution in [1.82, 2.24) is 5.32 Å². The zero-order chi connectivity index (χ0) is 13.8. The van der Waals surface area contributed by atoms with Crippen LogP contribution < -0.4 is 15.8 Å². The lowest BCUT2D eigenvalue weighted by Gasteiger charge is -2.24. The molecule has 20 heavy (non-hydrogen) atoms. The average molecular weight is 319 g/mol. The Bertz CT molecular complexity index is 466. The normalized spacial score (nSPS) is 18.2. The minimum absolute atomic E-state index is 0. The summed E-state index contributed by atoms with van der Waals surface area (Å²) in [6.45, 7) is 2.95. The third-order valence-electron chi connectivity index (χ3n) is 3.20. The Balaban J connectivity index is 0.00000200. The molecular formula is C14H20Cl2N2O2. The maximum Gasteiger partial charge on any atom is 0.226 e. The molecule has 4 nitrogen and oxygen atoms in total. The van der Waals surface area contributed by atoms with Gasteiger partial charge in [-0.15, -0.1) is 12.4 Å². The Morgan fingerprint density at radius 1 is 1.60 bits per heavy atom. The predicted molar refractivity (Wildman–Crippen MR) is 82.7 cm³/mol. The molecule has 112 valence electrons. The minimum Gasteiger partial charge on any atom is -0.492 e. The van der Waals surface area contributed by atoms with E-state index in [0.717, 1.165) is 17.7 Å². The maximum absolute atomic E-state index is 12.0. The number of carbonyl (C=O) groups is 1. The summed E-state index contributed by atoms with van der Waals surface area (Å²) in [5, 5.41) is 3.56. The van der Waals surface area contributed by atoms with Crippen LogP contribution >= 0.6 is 24.0 Å². The van der Waals surface area contributed by atoms with Gasteiger partial charge in [0.1, 0.15) is 12.4 Å². The second kappa shape index (κ2) is 7.72. The van der Waals surface area contributed by atoms with E-state index in [-0.39, 0.29) is 30.3 Å². The minimum atomic E-state index is -0.154. The Kier molecular flexibility index (Phi) is 6.59. The maximum atomic E-state index is 12.0. The predicted octanol–water partition coefficient (Wildman–Crippen LogP) is 2.17. The van der Waals surface area contributed by atoms with E-state index in [1.165, 1.54) is 0 Å². The largest absolute Gasteiger partial charge is 0.492 e. The molecule has 6 heteroatoms. The van der Waals surface area contributed by atoms with E-state index >= 15 is 0 Å².